The molecule has 1 saturated heterocycles. The Labute approximate surface area is 198 Å². The first-order valence-corrected chi connectivity index (χ1v) is 12.1. The summed E-state index contributed by atoms with van der Waals surface area (Å²) in [5, 5.41) is 9.28. The van der Waals surface area contributed by atoms with Crippen molar-refractivity contribution in [3.63, 3.8) is 0 Å². The maximum Gasteiger partial charge on any atom is 0.343 e. The third-order valence-electron chi connectivity index (χ3n) is 6.81. The van der Waals surface area contributed by atoms with Crippen molar-refractivity contribution in [3.05, 3.63) is 46.2 Å². The van der Waals surface area contributed by atoms with Crippen LogP contribution in [0.1, 0.15) is 56.9 Å². The minimum atomic E-state index is -0.586. The smallest absolute Gasteiger partial charge is 0.343 e. The molecule has 0 saturated carbocycles. The van der Waals surface area contributed by atoms with E-state index in [0.29, 0.717) is 6.54 Å². The summed E-state index contributed by atoms with van der Waals surface area (Å²) in [6.07, 6.45) is 3.76. The van der Waals surface area contributed by atoms with Gasteiger partial charge in [-0.05, 0) is 44.3 Å². The fraction of sp³-hybridized carbons (Fsp3) is 0.500. The van der Waals surface area contributed by atoms with Crippen LogP contribution in [0.25, 0.3) is 22.3 Å². The molecule has 0 radical (unpaired) electrons. The summed E-state index contributed by atoms with van der Waals surface area (Å²) in [6.45, 7) is 11.0. The molecule has 3 aromatic rings. The second-order valence-electron chi connectivity index (χ2n) is 10.2. The molecule has 1 aromatic carbocycles. The van der Waals surface area contributed by atoms with E-state index in [2.05, 4.69) is 30.7 Å². The number of carbonyl (C=O) groups excluding carboxylic acids is 1. The van der Waals surface area contributed by atoms with Crippen LogP contribution in [0, 0.1) is 5.41 Å². The van der Waals surface area contributed by atoms with Crippen LogP contribution in [0.5, 0.6) is 5.75 Å². The Morgan fingerprint density at radius 2 is 2.00 bits per heavy atom. The number of hydrogen-bond donors (Lipinski definition) is 1. The number of carbonyl (C=O) groups is 1. The molecule has 0 amide bonds. The maximum absolute atomic E-state index is 13.0. The molecule has 1 atom stereocenters. The van der Waals surface area contributed by atoms with E-state index >= 15 is 0 Å². The molecule has 4 heterocycles. The molecule has 2 aromatic heterocycles. The molecule has 2 aliphatic rings. The second-order valence-corrected chi connectivity index (χ2v) is 10.2. The van der Waals surface area contributed by atoms with Crippen molar-refractivity contribution >= 4 is 16.9 Å². The highest BCUT2D eigenvalue weighted by molar-refractivity contribution is 5.97. The number of ether oxygens (including phenoxy) is 2. The maximum atomic E-state index is 13.0. The van der Waals surface area contributed by atoms with Gasteiger partial charge >= 0.3 is 5.97 Å². The number of pyridine rings is 1. The standard InChI is InChI=1S/C26H32N4O4/c1-5-33-25(32)18-14-29-19(13-20(18)31)24-17-7-6-8-21(34-16-9-11-27-12-10-16)23(17)28-30(24)15-22(29)26(2,3)4/h6-8,13-14,16,22,27H,5,9-12,15H2,1-4H3. The van der Waals surface area contributed by atoms with Gasteiger partial charge in [-0.2, -0.15) is 5.10 Å². The molecule has 8 heteroatoms. The number of benzene rings is 1. The van der Waals surface area contributed by atoms with Crippen molar-refractivity contribution in [2.45, 2.75) is 59.2 Å². The van der Waals surface area contributed by atoms with Gasteiger partial charge in [-0.25, -0.2) is 4.79 Å². The molecule has 1 unspecified atom stereocenters. The van der Waals surface area contributed by atoms with E-state index in [1.165, 1.54) is 0 Å². The van der Waals surface area contributed by atoms with Gasteiger partial charge in [0, 0.05) is 17.6 Å². The lowest BCUT2D eigenvalue weighted by atomic mass is 9.85. The summed E-state index contributed by atoms with van der Waals surface area (Å²) >= 11 is 0. The van der Waals surface area contributed by atoms with Crippen LogP contribution in [0.3, 0.4) is 0 Å². The molecule has 180 valence electrons. The predicted octanol–water partition coefficient (Wildman–Crippen LogP) is 3.77. The highest BCUT2D eigenvalue weighted by Crippen LogP contribution is 2.43. The Morgan fingerprint density at radius 1 is 1.24 bits per heavy atom. The van der Waals surface area contributed by atoms with Gasteiger partial charge in [0.2, 0.25) is 0 Å². The van der Waals surface area contributed by atoms with Gasteiger partial charge in [-0.15, -0.1) is 0 Å². The van der Waals surface area contributed by atoms with Gasteiger partial charge in [0.15, 0.2) is 5.43 Å². The minimum Gasteiger partial charge on any atom is -0.488 e. The number of hydrogen-bond acceptors (Lipinski definition) is 6. The molecular formula is C26H32N4O4. The van der Waals surface area contributed by atoms with Crippen LogP contribution in [0.15, 0.2) is 35.3 Å². The monoisotopic (exact) mass is 464 g/mol. The van der Waals surface area contributed by atoms with E-state index < -0.39 is 5.97 Å². The Bertz CT molecular complexity index is 1290. The summed E-state index contributed by atoms with van der Waals surface area (Å²) in [4.78, 5) is 25.5. The zero-order chi connectivity index (χ0) is 24.0. The van der Waals surface area contributed by atoms with E-state index in [1.54, 1.807) is 19.2 Å². The fourth-order valence-electron chi connectivity index (χ4n) is 5.02. The van der Waals surface area contributed by atoms with Crippen LogP contribution in [0.2, 0.25) is 0 Å². The highest BCUT2D eigenvalue weighted by atomic mass is 16.5. The Morgan fingerprint density at radius 3 is 2.71 bits per heavy atom. The second kappa shape index (κ2) is 8.58. The van der Waals surface area contributed by atoms with E-state index in [0.717, 1.165) is 54.0 Å². The van der Waals surface area contributed by atoms with E-state index in [4.69, 9.17) is 14.6 Å². The summed E-state index contributed by atoms with van der Waals surface area (Å²) in [5.74, 6) is 0.188. The first-order chi connectivity index (χ1) is 16.3. The summed E-state index contributed by atoms with van der Waals surface area (Å²) in [6, 6.07) is 7.52. The average Bonchev–Trinajstić information content (AvgIpc) is 3.18. The van der Waals surface area contributed by atoms with Crippen LogP contribution in [0.4, 0.5) is 0 Å². The SMILES string of the molecule is CCOC(=O)c1cn2c(cc1=O)-c1c3cccc(OC4CCNCC4)c3nn1CC2C(C)(C)C. The van der Waals surface area contributed by atoms with Crippen molar-refractivity contribution in [2.75, 3.05) is 19.7 Å². The Balaban J connectivity index is 1.67. The third kappa shape index (κ3) is 3.90. The Hall–Kier alpha value is -3.13. The number of fused-ring (bicyclic) bond motifs is 5. The first-order valence-electron chi connectivity index (χ1n) is 12.1. The average molecular weight is 465 g/mol. The van der Waals surface area contributed by atoms with Crippen LogP contribution >= 0.6 is 0 Å². The normalized spacial score (nSPS) is 18.4. The molecule has 8 nitrogen and oxygen atoms in total. The molecule has 0 aliphatic carbocycles. The van der Waals surface area contributed by atoms with E-state index in [-0.39, 0.29) is 35.2 Å². The zero-order valence-electron chi connectivity index (χ0n) is 20.3. The molecule has 0 bridgehead atoms. The Kier molecular flexibility index (Phi) is 5.72. The molecule has 1 N–H and O–H groups in total. The number of nitrogens with zero attached hydrogens (tertiary/aromatic N) is 3. The number of rotatable bonds is 4. The molecular weight excluding hydrogens is 432 g/mol. The number of nitrogens with one attached hydrogen (secondary N) is 1. The lowest BCUT2D eigenvalue weighted by Crippen LogP contribution is -2.35. The van der Waals surface area contributed by atoms with Crippen LogP contribution in [-0.2, 0) is 11.3 Å². The van der Waals surface area contributed by atoms with Crippen molar-refractivity contribution in [1.29, 1.82) is 0 Å². The molecule has 1 fully saturated rings. The predicted molar refractivity (Wildman–Crippen MR) is 130 cm³/mol. The third-order valence-corrected chi connectivity index (χ3v) is 6.81. The van der Waals surface area contributed by atoms with Crippen molar-refractivity contribution < 1.29 is 14.3 Å². The van der Waals surface area contributed by atoms with Gasteiger partial charge in [0.1, 0.15) is 22.9 Å². The first kappa shape index (κ1) is 22.7. The van der Waals surface area contributed by atoms with Crippen LogP contribution < -0.4 is 15.5 Å². The van der Waals surface area contributed by atoms with Crippen molar-refractivity contribution in [2.24, 2.45) is 5.41 Å². The van der Waals surface area contributed by atoms with E-state index in [9.17, 15) is 9.59 Å². The molecule has 34 heavy (non-hydrogen) atoms. The summed E-state index contributed by atoms with van der Waals surface area (Å²) < 4.78 is 15.6. The van der Waals surface area contributed by atoms with Gasteiger partial charge in [0.25, 0.3) is 0 Å². The van der Waals surface area contributed by atoms with Crippen LogP contribution in [-0.4, -0.2) is 46.1 Å². The quantitative estimate of drug-likeness (QED) is 0.592. The van der Waals surface area contributed by atoms with Gasteiger partial charge in [0.05, 0.1) is 30.6 Å². The topological polar surface area (TPSA) is 87.4 Å². The molecule has 2 aliphatic heterocycles. The largest absolute Gasteiger partial charge is 0.488 e. The lowest BCUT2D eigenvalue weighted by Gasteiger charge is -2.38. The highest BCUT2D eigenvalue weighted by Gasteiger charge is 2.35. The zero-order valence-corrected chi connectivity index (χ0v) is 20.3. The summed E-state index contributed by atoms with van der Waals surface area (Å²) in [7, 11) is 0. The van der Waals surface area contributed by atoms with Crippen molar-refractivity contribution in [1.82, 2.24) is 19.7 Å². The number of aromatic nitrogens is 3. The number of piperidine rings is 1. The fourth-order valence-corrected chi connectivity index (χ4v) is 5.02. The summed E-state index contributed by atoms with van der Waals surface area (Å²) in [5.41, 5.74) is 2.01. The minimum absolute atomic E-state index is 0.00752. The lowest BCUT2D eigenvalue weighted by molar-refractivity contribution is 0.0522. The molecule has 5 rings (SSSR count). The van der Waals surface area contributed by atoms with Gasteiger partial charge in [-0.3, -0.25) is 9.48 Å². The van der Waals surface area contributed by atoms with Gasteiger partial charge in [-0.1, -0.05) is 32.9 Å². The van der Waals surface area contributed by atoms with Crippen molar-refractivity contribution in [3.8, 4) is 17.1 Å². The number of esters is 1. The van der Waals surface area contributed by atoms with E-state index in [1.807, 2.05) is 22.9 Å². The van der Waals surface area contributed by atoms with Gasteiger partial charge < -0.3 is 19.4 Å². The molecule has 0 spiro atoms.